The van der Waals surface area contributed by atoms with Gasteiger partial charge in [-0.3, -0.25) is 9.59 Å². The molecule has 0 saturated heterocycles. The fourth-order valence-electron chi connectivity index (χ4n) is 4.44. The first-order valence-corrected chi connectivity index (χ1v) is 10.8. The number of phenolic OH excluding ortho intramolecular Hbond substituents is 1. The van der Waals surface area contributed by atoms with Gasteiger partial charge in [0, 0.05) is 6.54 Å². The molecule has 0 aliphatic carbocycles. The molecule has 1 aliphatic heterocycles. The number of amides is 1. The van der Waals surface area contributed by atoms with E-state index in [1.165, 1.54) is 13.2 Å². The third-order valence-electron chi connectivity index (χ3n) is 6.15. The molecule has 0 fully saturated rings. The van der Waals surface area contributed by atoms with Gasteiger partial charge in [-0.15, -0.1) is 0 Å². The number of carbonyl (C=O) groups is 1. The summed E-state index contributed by atoms with van der Waals surface area (Å²) in [4.78, 5) is 28.9. The number of fused-ring (bicyclic) bond motifs is 2. The molecule has 0 bridgehead atoms. The first kappa shape index (κ1) is 21.6. The molecule has 1 atom stereocenters. The van der Waals surface area contributed by atoms with Gasteiger partial charge in [0.1, 0.15) is 11.3 Å². The number of nitrogens with zero attached hydrogens (tertiary/aromatic N) is 1. The Kier molecular flexibility index (Phi) is 5.24. The lowest BCUT2D eigenvalue weighted by atomic mass is 9.97. The fourth-order valence-corrected chi connectivity index (χ4v) is 4.44. The largest absolute Gasteiger partial charge is 0.504 e. The molecule has 4 aromatic rings. The van der Waals surface area contributed by atoms with E-state index >= 15 is 0 Å². The number of aromatic hydroxyl groups is 1. The minimum Gasteiger partial charge on any atom is -0.504 e. The number of hydrogen-bond donors (Lipinski definition) is 1. The molecule has 34 heavy (non-hydrogen) atoms. The number of phenols is 1. The normalized spacial score (nSPS) is 15.0. The van der Waals surface area contributed by atoms with E-state index in [1.54, 1.807) is 36.3 Å². The van der Waals surface area contributed by atoms with Crippen molar-refractivity contribution in [2.24, 2.45) is 0 Å². The van der Waals surface area contributed by atoms with Crippen LogP contribution >= 0.6 is 0 Å². The van der Waals surface area contributed by atoms with E-state index in [0.29, 0.717) is 22.3 Å². The minimum atomic E-state index is -0.708. The molecule has 1 N–H and O–H groups in total. The van der Waals surface area contributed by atoms with Crippen molar-refractivity contribution in [3.8, 4) is 17.2 Å². The summed E-state index contributed by atoms with van der Waals surface area (Å²) in [5.41, 5.74) is 2.82. The van der Waals surface area contributed by atoms with Crippen LogP contribution < -0.4 is 14.9 Å². The molecule has 0 unspecified atom stereocenters. The lowest BCUT2D eigenvalue weighted by Gasteiger charge is -2.25. The van der Waals surface area contributed by atoms with Crippen LogP contribution in [0.25, 0.3) is 11.0 Å². The van der Waals surface area contributed by atoms with Crippen molar-refractivity contribution >= 4 is 16.9 Å². The summed E-state index contributed by atoms with van der Waals surface area (Å²) in [6, 6.07) is 16.8. The second-order valence-electron chi connectivity index (χ2n) is 8.29. The summed E-state index contributed by atoms with van der Waals surface area (Å²) in [6.45, 7) is 2.14. The Morgan fingerprint density at radius 1 is 0.971 bits per heavy atom. The van der Waals surface area contributed by atoms with E-state index in [2.05, 4.69) is 0 Å². The number of benzene rings is 3. The molecule has 0 radical (unpaired) electrons. The molecule has 7 nitrogen and oxygen atoms in total. The molecule has 7 heteroatoms. The number of methoxy groups -OCH3 is 2. The molecule has 0 spiro atoms. The zero-order valence-corrected chi connectivity index (χ0v) is 19.0. The smallest absolute Gasteiger partial charge is 0.291 e. The van der Waals surface area contributed by atoms with Crippen LogP contribution in [0.5, 0.6) is 17.2 Å². The first-order valence-electron chi connectivity index (χ1n) is 10.8. The van der Waals surface area contributed by atoms with Crippen LogP contribution in [-0.4, -0.2) is 30.1 Å². The predicted molar refractivity (Wildman–Crippen MR) is 127 cm³/mol. The van der Waals surface area contributed by atoms with Crippen LogP contribution in [0.4, 0.5) is 0 Å². The highest BCUT2D eigenvalue weighted by molar-refractivity contribution is 5.99. The second kappa shape index (κ2) is 8.26. The van der Waals surface area contributed by atoms with Crippen molar-refractivity contribution in [2.45, 2.75) is 19.5 Å². The zero-order chi connectivity index (χ0) is 24.0. The molecule has 5 rings (SSSR count). The fraction of sp³-hybridized carbons (Fsp3) is 0.185. The lowest BCUT2D eigenvalue weighted by molar-refractivity contribution is 0.0714. The minimum absolute atomic E-state index is 0.0290. The van der Waals surface area contributed by atoms with Crippen molar-refractivity contribution in [1.82, 2.24) is 4.90 Å². The van der Waals surface area contributed by atoms with Gasteiger partial charge in [0.15, 0.2) is 16.9 Å². The highest BCUT2D eigenvalue weighted by Crippen LogP contribution is 2.41. The summed E-state index contributed by atoms with van der Waals surface area (Å²) < 4.78 is 16.5. The van der Waals surface area contributed by atoms with Crippen LogP contribution in [0.2, 0.25) is 0 Å². The third kappa shape index (κ3) is 3.46. The van der Waals surface area contributed by atoms with Gasteiger partial charge in [-0.05, 0) is 54.4 Å². The van der Waals surface area contributed by atoms with Crippen molar-refractivity contribution in [1.29, 1.82) is 0 Å². The molecule has 1 aromatic heterocycles. The molecule has 2 heterocycles. The van der Waals surface area contributed by atoms with E-state index in [9.17, 15) is 14.7 Å². The lowest BCUT2D eigenvalue weighted by Crippen LogP contribution is -2.29. The van der Waals surface area contributed by atoms with Gasteiger partial charge in [0.05, 0.1) is 31.2 Å². The Morgan fingerprint density at radius 3 is 2.44 bits per heavy atom. The maximum atomic E-state index is 13.7. The molecule has 3 aromatic carbocycles. The van der Waals surface area contributed by atoms with Crippen LogP contribution in [0.3, 0.4) is 0 Å². The van der Waals surface area contributed by atoms with Gasteiger partial charge in [0.25, 0.3) is 5.91 Å². The number of aryl methyl sites for hydroxylation is 1. The molecule has 1 amide bonds. The molecule has 172 valence electrons. The van der Waals surface area contributed by atoms with Crippen LogP contribution in [0.15, 0.2) is 69.9 Å². The Labute approximate surface area is 195 Å². The number of rotatable bonds is 5. The van der Waals surface area contributed by atoms with Crippen LogP contribution in [0, 0.1) is 6.92 Å². The summed E-state index contributed by atoms with van der Waals surface area (Å²) >= 11 is 0. The predicted octanol–water partition coefficient (Wildman–Crippen LogP) is 4.57. The van der Waals surface area contributed by atoms with Crippen molar-refractivity contribution in [3.05, 3.63) is 98.9 Å². The Hall–Kier alpha value is -4.26. The Bertz CT molecular complexity index is 1470. The summed E-state index contributed by atoms with van der Waals surface area (Å²) in [5.74, 6) is 0.593. The van der Waals surface area contributed by atoms with Crippen molar-refractivity contribution in [2.75, 3.05) is 14.2 Å². The molecule has 0 saturated carbocycles. The summed E-state index contributed by atoms with van der Waals surface area (Å²) in [7, 11) is 3.04. The average Bonchev–Trinajstić information content (AvgIpc) is 3.12. The number of ether oxygens (including phenoxy) is 2. The number of carbonyl (C=O) groups excluding carboxylic acids is 1. The Balaban J connectivity index is 1.71. The first-order chi connectivity index (χ1) is 16.4. The average molecular weight is 457 g/mol. The topological polar surface area (TPSA) is 89.2 Å². The van der Waals surface area contributed by atoms with E-state index < -0.39 is 6.04 Å². The molecule has 1 aliphatic rings. The van der Waals surface area contributed by atoms with Crippen molar-refractivity contribution < 1.29 is 23.8 Å². The van der Waals surface area contributed by atoms with Gasteiger partial charge >= 0.3 is 0 Å². The van der Waals surface area contributed by atoms with Gasteiger partial charge < -0.3 is 23.9 Å². The van der Waals surface area contributed by atoms with Gasteiger partial charge in [-0.1, -0.05) is 29.8 Å². The van der Waals surface area contributed by atoms with E-state index in [-0.39, 0.29) is 40.7 Å². The molecular weight excluding hydrogens is 434 g/mol. The van der Waals surface area contributed by atoms with E-state index in [1.807, 2.05) is 37.3 Å². The van der Waals surface area contributed by atoms with Crippen molar-refractivity contribution in [3.63, 3.8) is 0 Å². The van der Waals surface area contributed by atoms with Gasteiger partial charge in [-0.2, -0.15) is 0 Å². The van der Waals surface area contributed by atoms with E-state index in [4.69, 9.17) is 13.9 Å². The maximum Gasteiger partial charge on any atom is 0.291 e. The maximum absolute atomic E-state index is 13.7. The number of hydrogen-bond acceptors (Lipinski definition) is 6. The monoisotopic (exact) mass is 457 g/mol. The summed E-state index contributed by atoms with van der Waals surface area (Å²) in [6.07, 6.45) is 0. The quantitative estimate of drug-likeness (QED) is 0.472. The highest BCUT2D eigenvalue weighted by atomic mass is 16.5. The second-order valence-corrected chi connectivity index (χ2v) is 8.29. The Morgan fingerprint density at radius 2 is 1.74 bits per heavy atom. The standard InChI is InChI=1S/C27H23NO6/c1-15-4-11-21-19(12-15)25(30)23-24(17-7-10-20(29)22(13-17)33-3)28(27(31)26(23)34-21)14-16-5-8-18(32-2)9-6-16/h4-13,24,29H,14H2,1-3H3/t24-/m0/s1. The van der Waals surface area contributed by atoms with Crippen LogP contribution in [0.1, 0.15) is 38.9 Å². The summed E-state index contributed by atoms with van der Waals surface area (Å²) in [5, 5.41) is 10.5. The van der Waals surface area contributed by atoms with Gasteiger partial charge in [-0.25, -0.2) is 0 Å². The van der Waals surface area contributed by atoms with Gasteiger partial charge in [0.2, 0.25) is 5.76 Å². The third-order valence-corrected chi connectivity index (χ3v) is 6.15. The van der Waals surface area contributed by atoms with Crippen LogP contribution in [-0.2, 0) is 6.54 Å². The SMILES string of the molecule is COc1ccc(CN2C(=O)c3oc4ccc(C)cc4c(=O)c3[C@@H]2c2ccc(O)c(OC)c2)cc1. The highest BCUT2D eigenvalue weighted by Gasteiger charge is 2.43. The zero-order valence-electron chi connectivity index (χ0n) is 19.0. The molecular formula is C27H23NO6. The van der Waals surface area contributed by atoms with E-state index in [0.717, 1.165) is 11.1 Å².